The highest BCUT2D eigenvalue weighted by Crippen LogP contribution is 2.55. The molecule has 9 rings (SSSR count). The molecule has 6 aromatic rings. The fourth-order valence-corrected chi connectivity index (χ4v) is 10.8. The lowest BCUT2D eigenvalue weighted by Gasteiger charge is -2.52. The van der Waals surface area contributed by atoms with Crippen LogP contribution < -0.4 is 20.3 Å². The van der Waals surface area contributed by atoms with Crippen molar-refractivity contribution in [3.05, 3.63) is 82.3 Å². The quantitative estimate of drug-likeness (QED) is 0.121. The number of fused-ring (bicyclic) bond motifs is 3. The molecule has 1 spiro atoms. The van der Waals surface area contributed by atoms with Gasteiger partial charge in [0.05, 0.1) is 28.2 Å². The van der Waals surface area contributed by atoms with Gasteiger partial charge in [-0.05, 0) is 68.1 Å². The maximum Gasteiger partial charge on any atom is 0.435 e. The highest BCUT2D eigenvalue weighted by molar-refractivity contribution is 7.92. The highest BCUT2D eigenvalue weighted by Gasteiger charge is 2.57. The van der Waals surface area contributed by atoms with E-state index in [-0.39, 0.29) is 34.6 Å². The first-order valence-electron chi connectivity index (χ1n) is 20.1. The Labute approximate surface area is 360 Å². The summed E-state index contributed by atoms with van der Waals surface area (Å²) in [7, 11) is -2.18. The van der Waals surface area contributed by atoms with E-state index >= 15 is 8.78 Å². The van der Waals surface area contributed by atoms with E-state index in [1.54, 1.807) is 31.3 Å². The molecular weight excluding hydrogens is 878 g/mol. The standard InChI is InChI=1S/C41H41F7N10O3S2/c1-20-21(2)40(44,45)35-31(20)34(41(46,47)48)53-58(35)17-30(59)50-28(14-22-12-23(42)15-24(43)13-22)32-27(25-6-5-7-26-33(25)56(3)54-36(26)55-63(4,60)61)16-29-37(51-32)52-38(62-29)57-18-39(19-57)8-10-49-11-9-39/h5-7,12-13,15-16,20-21,28,49H,8-11,14,17-19H2,1-4H3,(H,50,59)(H,54,55)/t20-,21+,28-/m0/s1. The third kappa shape index (κ3) is 7.76. The molecule has 2 saturated heterocycles. The van der Waals surface area contributed by atoms with Crippen LogP contribution in [0.3, 0.4) is 0 Å². The first-order chi connectivity index (χ1) is 29.6. The van der Waals surface area contributed by atoms with E-state index in [9.17, 15) is 35.2 Å². The highest BCUT2D eigenvalue weighted by atomic mass is 32.2. The number of carbonyl (C=O) groups is 1. The summed E-state index contributed by atoms with van der Waals surface area (Å²) in [6, 6.07) is 8.26. The van der Waals surface area contributed by atoms with Gasteiger partial charge in [-0.2, -0.15) is 37.1 Å². The fraction of sp³-hybridized carbons (Fsp3) is 0.439. The second-order valence-electron chi connectivity index (χ2n) is 17.0. The maximum absolute atomic E-state index is 15.7. The van der Waals surface area contributed by atoms with Crippen molar-refractivity contribution in [3.63, 3.8) is 0 Å². The molecule has 1 aliphatic carbocycles. The third-order valence-corrected chi connectivity index (χ3v) is 14.1. The minimum absolute atomic E-state index is 0.0302. The number of thiazole rings is 1. The van der Waals surface area contributed by atoms with Gasteiger partial charge in [-0.15, -0.1) is 0 Å². The number of aryl methyl sites for hydroxylation is 1. The molecule has 0 unspecified atom stereocenters. The molecule has 2 aliphatic heterocycles. The normalized spacial score (nSPS) is 20.0. The number of rotatable bonds is 10. The molecule has 0 radical (unpaired) electrons. The molecule has 3 aliphatic rings. The van der Waals surface area contributed by atoms with E-state index in [4.69, 9.17) is 9.97 Å². The smallest absolute Gasteiger partial charge is 0.347 e. The number of alkyl halides is 5. The predicted octanol–water partition coefficient (Wildman–Crippen LogP) is 7.25. The Hall–Kier alpha value is -5.35. The summed E-state index contributed by atoms with van der Waals surface area (Å²) >= 11 is 1.38. The van der Waals surface area contributed by atoms with Crippen molar-refractivity contribution < 1.29 is 43.9 Å². The Balaban J connectivity index is 1.19. The van der Waals surface area contributed by atoms with Gasteiger partial charge in [-0.1, -0.05) is 37.3 Å². The monoisotopic (exact) mass is 918 g/mol. The maximum atomic E-state index is 15.7. The Morgan fingerprint density at radius 3 is 2.38 bits per heavy atom. The Morgan fingerprint density at radius 2 is 1.71 bits per heavy atom. The van der Waals surface area contributed by atoms with Crippen LogP contribution in [0.1, 0.15) is 66.9 Å². The van der Waals surface area contributed by atoms with Gasteiger partial charge in [0.1, 0.15) is 23.9 Å². The molecule has 0 bridgehead atoms. The summed E-state index contributed by atoms with van der Waals surface area (Å²) in [5, 5.41) is 15.1. The number of benzene rings is 2. The SMILES string of the molecule is C[C@@H]1c2c(C(F)(F)F)nn(CC(=O)N[C@@H](Cc3cc(F)cc(F)c3)c3nc4nc(N5CC6(CCNCC6)C5)sc4cc3-c3cccc4c(NS(C)(=O)=O)nn(C)c34)c2C(F)(F)[C@@H]1C. The van der Waals surface area contributed by atoms with E-state index < -0.39 is 81.0 Å². The average Bonchev–Trinajstić information content (AvgIpc) is 3.91. The van der Waals surface area contributed by atoms with Crippen LogP contribution in [0, 0.1) is 23.0 Å². The van der Waals surface area contributed by atoms with Crippen LogP contribution in [0.2, 0.25) is 0 Å². The van der Waals surface area contributed by atoms with Crippen LogP contribution in [-0.2, 0) is 46.9 Å². The number of piperidine rings is 1. The van der Waals surface area contributed by atoms with Crippen molar-refractivity contribution in [1.29, 1.82) is 0 Å². The van der Waals surface area contributed by atoms with Crippen LogP contribution in [0.5, 0.6) is 0 Å². The molecule has 6 heterocycles. The summed E-state index contributed by atoms with van der Waals surface area (Å²) in [5.74, 6) is -9.38. The largest absolute Gasteiger partial charge is 0.435 e. The van der Waals surface area contributed by atoms with Gasteiger partial charge in [0.15, 0.2) is 22.3 Å². The Morgan fingerprint density at radius 1 is 1.02 bits per heavy atom. The van der Waals surface area contributed by atoms with Crippen molar-refractivity contribution in [1.82, 2.24) is 40.2 Å². The van der Waals surface area contributed by atoms with Crippen LogP contribution in [0.25, 0.3) is 32.4 Å². The number of halogens is 7. The van der Waals surface area contributed by atoms with E-state index in [0.717, 1.165) is 64.3 Å². The first-order valence-corrected chi connectivity index (χ1v) is 22.8. The molecule has 334 valence electrons. The van der Waals surface area contributed by atoms with Crippen LogP contribution >= 0.6 is 11.3 Å². The molecule has 1 amide bonds. The summed E-state index contributed by atoms with van der Waals surface area (Å²) < 4.78 is 133. The number of anilines is 2. The molecule has 0 saturated carbocycles. The molecule has 13 nitrogen and oxygen atoms in total. The zero-order chi connectivity index (χ0) is 45.0. The minimum atomic E-state index is -5.10. The number of carbonyl (C=O) groups excluding carboxylic acids is 1. The lowest BCUT2D eigenvalue weighted by atomic mass is 9.73. The molecular formula is C41H41F7N10O3S2. The number of hydrogen-bond acceptors (Lipinski definition) is 10. The lowest BCUT2D eigenvalue weighted by molar-refractivity contribution is -0.143. The van der Waals surface area contributed by atoms with Crippen LogP contribution in [0.4, 0.5) is 41.7 Å². The van der Waals surface area contributed by atoms with Gasteiger partial charge >= 0.3 is 6.18 Å². The first kappa shape index (κ1) is 42.9. The average molecular weight is 919 g/mol. The van der Waals surface area contributed by atoms with Crippen molar-refractivity contribution >= 4 is 59.5 Å². The molecule has 3 atom stereocenters. The number of pyridine rings is 1. The van der Waals surface area contributed by atoms with E-state index in [0.29, 0.717) is 42.6 Å². The molecule has 2 aromatic carbocycles. The number of nitrogens with one attached hydrogen (secondary N) is 3. The number of hydrogen-bond donors (Lipinski definition) is 3. The molecule has 63 heavy (non-hydrogen) atoms. The second kappa shape index (κ2) is 15.1. The molecule has 4 aromatic heterocycles. The number of para-hydroxylation sites is 1. The van der Waals surface area contributed by atoms with Crippen molar-refractivity contribution in [2.24, 2.45) is 18.4 Å². The van der Waals surface area contributed by atoms with E-state index in [1.165, 1.54) is 22.9 Å². The minimum Gasteiger partial charge on any atom is -0.347 e. The van der Waals surface area contributed by atoms with E-state index in [2.05, 4.69) is 30.5 Å². The predicted molar refractivity (Wildman–Crippen MR) is 222 cm³/mol. The molecule has 22 heteroatoms. The van der Waals surface area contributed by atoms with Crippen molar-refractivity contribution in [3.8, 4) is 11.1 Å². The van der Waals surface area contributed by atoms with E-state index in [1.807, 2.05) is 0 Å². The van der Waals surface area contributed by atoms with Crippen molar-refractivity contribution in [2.75, 3.05) is 42.1 Å². The van der Waals surface area contributed by atoms with Gasteiger partial charge in [0, 0.05) is 59.6 Å². The zero-order valence-electron chi connectivity index (χ0n) is 34.2. The van der Waals surface area contributed by atoms with Crippen LogP contribution in [-0.4, -0.2) is 76.3 Å². The Kier molecular flexibility index (Phi) is 10.3. The molecule has 3 N–H and O–H groups in total. The number of aromatic nitrogens is 6. The van der Waals surface area contributed by atoms with Gasteiger partial charge in [0.2, 0.25) is 15.9 Å². The van der Waals surface area contributed by atoms with Gasteiger partial charge in [0.25, 0.3) is 5.92 Å². The second-order valence-corrected chi connectivity index (χ2v) is 19.7. The lowest BCUT2D eigenvalue weighted by Crippen LogP contribution is -2.60. The van der Waals surface area contributed by atoms with Crippen LogP contribution in [0.15, 0.2) is 42.5 Å². The summed E-state index contributed by atoms with van der Waals surface area (Å²) in [6.07, 6.45) is -2.42. The number of amides is 1. The Bertz CT molecular complexity index is 2900. The summed E-state index contributed by atoms with van der Waals surface area (Å²) in [4.78, 5) is 26.2. The van der Waals surface area contributed by atoms with Gasteiger partial charge < -0.3 is 15.5 Å². The van der Waals surface area contributed by atoms with Gasteiger partial charge in [-0.25, -0.2) is 22.2 Å². The summed E-state index contributed by atoms with van der Waals surface area (Å²) in [6.45, 7) is 4.72. The van der Waals surface area contributed by atoms with Gasteiger partial charge in [-0.3, -0.25) is 18.9 Å². The third-order valence-electron chi connectivity index (χ3n) is 12.5. The molecule has 2 fully saturated rings. The van der Waals surface area contributed by atoms with Crippen molar-refractivity contribution in [2.45, 2.75) is 63.7 Å². The fourth-order valence-electron chi connectivity index (χ4n) is 9.38. The zero-order valence-corrected chi connectivity index (χ0v) is 35.9. The number of nitrogens with zero attached hydrogens (tertiary/aromatic N) is 7. The summed E-state index contributed by atoms with van der Waals surface area (Å²) in [5.41, 5.74) is -1.36. The topological polar surface area (TPSA) is 152 Å². The number of sulfonamides is 1.